The minimum absolute atomic E-state index is 0.102. The van der Waals surface area contributed by atoms with Crippen molar-refractivity contribution < 1.29 is 9.94 Å². The van der Waals surface area contributed by atoms with Crippen LogP contribution in [0.3, 0.4) is 0 Å². The number of nitrogens with zero attached hydrogens (tertiary/aromatic N) is 2. The molecule has 0 radical (unpaired) electrons. The molecule has 0 spiro atoms. The summed E-state index contributed by atoms with van der Waals surface area (Å²) in [4.78, 5) is 2.31. The van der Waals surface area contributed by atoms with E-state index >= 15 is 0 Å². The van der Waals surface area contributed by atoms with E-state index in [1.165, 1.54) is 11.1 Å². The Morgan fingerprint density at radius 1 is 1.48 bits per heavy atom. The fraction of sp³-hybridized carbons (Fsp3) is 0.562. The van der Waals surface area contributed by atoms with Gasteiger partial charge in [0.05, 0.1) is 12.7 Å². The van der Waals surface area contributed by atoms with Crippen molar-refractivity contribution in [2.45, 2.75) is 38.8 Å². The van der Waals surface area contributed by atoms with Crippen LogP contribution < -0.4 is 5.73 Å². The number of hydrogen-bond acceptors (Lipinski definition) is 4. The van der Waals surface area contributed by atoms with Crippen molar-refractivity contribution in [2.24, 2.45) is 10.9 Å². The fourth-order valence-corrected chi connectivity index (χ4v) is 2.71. The molecular weight excluding hydrogens is 266 g/mol. The van der Waals surface area contributed by atoms with Gasteiger partial charge in [-0.1, -0.05) is 29.4 Å². The molecule has 5 heteroatoms. The van der Waals surface area contributed by atoms with E-state index < -0.39 is 0 Å². The van der Waals surface area contributed by atoms with Gasteiger partial charge in [0.15, 0.2) is 0 Å². The Bertz CT molecular complexity index is 488. The van der Waals surface area contributed by atoms with Gasteiger partial charge >= 0.3 is 0 Å². The number of benzene rings is 1. The number of fused-ring (bicyclic) bond motifs is 1. The van der Waals surface area contributed by atoms with Crippen LogP contribution in [-0.2, 0) is 11.2 Å². The van der Waals surface area contributed by atoms with Gasteiger partial charge in [-0.2, -0.15) is 0 Å². The summed E-state index contributed by atoms with van der Waals surface area (Å²) in [6.07, 6.45) is 1.64. The highest BCUT2D eigenvalue weighted by molar-refractivity contribution is 5.79. The summed E-state index contributed by atoms with van der Waals surface area (Å²) in [6.45, 7) is 6.67. The van der Waals surface area contributed by atoms with E-state index in [4.69, 9.17) is 15.7 Å². The molecule has 2 rings (SSSR count). The summed E-state index contributed by atoms with van der Waals surface area (Å²) in [5, 5.41) is 11.7. The van der Waals surface area contributed by atoms with Crippen LogP contribution in [-0.4, -0.2) is 41.7 Å². The molecular formula is C16H25N3O2. The maximum atomic E-state index is 8.66. The Balaban J connectivity index is 2.04. The Kier molecular flexibility index (Phi) is 5.59. The molecule has 1 heterocycles. The van der Waals surface area contributed by atoms with Gasteiger partial charge in [0, 0.05) is 25.6 Å². The monoisotopic (exact) mass is 291 g/mol. The second kappa shape index (κ2) is 7.43. The lowest BCUT2D eigenvalue weighted by Gasteiger charge is -2.33. The summed E-state index contributed by atoms with van der Waals surface area (Å²) in [6, 6.07) is 8.87. The zero-order valence-electron chi connectivity index (χ0n) is 12.8. The van der Waals surface area contributed by atoms with E-state index in [0.717, 1.165) is 26.1 Å². The number of hydrogen-bond donors (Lipinski definition) is 2. The first-order valence-electron chi connectivity index (χ1n) is 7.51. The molecule has 0 aliphatic carbocycles. The van der Waals surface area contributed by atoms with E-state index in [0.29, 0.717) is 12.5 Å². The molecule has 3 N–H and O–H groups in total. The summed E-state index contributed by atoms with van der Waals surface area (Å²) < 4.78 is 5.97. The first kappa shape index (κ1) is 15.8. The lowest BCUT2D eigenvalue weighted by molar-refractivity contribution is 0.00976. The minimum atomic E-state index is 0.102. The largest absolute Gasteiger partial charge is 0.409 e. The number of amidine groups is 1. The SMILES string of the molecule is CC(C)N(CCC(N)=NO)CC1OCCc2ccccc21. The van der Waals surface area contributed by atoms with Crippen molar-refractivity contribution in [2.75, 3.05) is 19.7 Å². The van der Waals surface area contributed by atoms with Crippen LogP contribution >= 0.6 is 0 Å². The molecule has 1 unspecified atom stereocenters. The van der Waals surface area contributed by atoms with Crippen molar-refractivity contribution in [3.8, 4) is 0 Å². The summed E-state index contributed by atoms with van der Waals surface area (Å²) in [5.74, 6) is 0.269. The quantitative estimate of drug-likeness (QED) is 0.364. The van der Waals surface area contributed by atoms with Crippen LogP contribution in [0.5, 0.6) is 0 Å². The van der Waals surface area contributed by atoms with Crippen LogP contribution in [0.1, 0.15) is 37.5 Å². The second-order valence-corrected chi connectivity index (χ2v) is 5.74. The molecule has 1 aromatic rings. The molecule has 0 saturated carbocycles. The number of oxime groups is 1. The average Bonchev–Trinajstić information content (AvgIpc) is 2.50. The third kappa shape index (κ3) is 4.19. The zero-order chi connectivity index (χ0) is 15.2. The lowest BCUT2D eigenvalue weighted by atomic mass is 9.97. The van der Waals surface area contributed by atoms with Crippen LogP contribution in [0.25, 0.3) is 0 Å². The van der Waals surface area contributed by atoms with Crippen molar-refractivity contribution in [1.82, 2.24) is 4.90 Å². The molecule has 0 aromatic heterocycles. The molecule has 0 bridgehead atoms. The highest BCUT2D eigenvalue weighted by Crippen LogP contribution is 2.28. The first-order chi connectivity index (χ1) is 10.1. The molecule has 0 amide bonds. The predicted molar refractivity (Wildman–Crippen MR) is 83.6 cm³/mol. The maximum Gasteiger partial charge on any atom is 0.140 e. The van der Waals surface area contributed by atoms with Gasteiger partial charge in [-0.3, -0.25) is 4.90 Å². The van der Waals surface area contributed by atoms with E-state index in [1.807, 2.05) is 0 Å². The zero-order valence-corrected chi connectivity index (χ0v) is 12.8. The van der Waals surface area contributed by atoms with Gasteiger partial charge in [0.2, 0.25) is 0 Å². The van der Waals surface area contributed by atoms with Crippen LogP contribution in [0.4, 0.5) is 0 Å². The first-order valence-corrected chi connectivity index (χ1v) is 7.51. The van der Waals surface area contributed by atoms with Crippen LogP contribution in [0.2, 0.25) is 0 Å². The summed E-state index contributed by atoms with van der Waals surface area (Å²) >= 11 is 0. The third-order valence-electron chi connectivity index (χ3n) is 4.01. The standard InChI is InChI=1S/C16H25N3O2/c1-12(2)19(9-7-16(17)18-20)11-15-14-6-4-3-5-13(14)8-10-21-15/h3-6,12,15,20H,7-11H2,1-2H3,(H2,17,18). The Labute approximate surface area is 126 Å². The molecule has 21 heavy (non-hydrogen) atoms. The van der Waals surface area contributed by atoms with Gasteiger partial charge in [0.25, 0.3) is 0 Å². The molecule has 5 nitrogen and oxygen atoms in total. The van der Waals surface area contributed by atoms with Crippen LogP contribution in [0, 0.1) is 0 Å². The van der Waals surface area contributed by atoms with E-state index in [1.54, 1.807) is 0 Å². The number of rotatable bonds is 6. The minimum Gasteiger partial charge on any atom is -0.409 e. The van der Waals surface area contributed by atoms with E-state index in [-0.39, 0.29) is 11.9 Å². The summed E-state index contributed by atoms with van der Waals surface area (Å²) in [7, 11) is 0. The Morgan fingerprint density at radius 3 is 2.95 bits per heavy atom. The Morgan fingerprint density at radius 2 is 2.24 bits per heavy atom. The normalized spacial score (nSPS) is 19.0. The van der Waals surface area contributed by atoms with E-state index in [9.17, 15) is 0 Å². The lowest BCUT2D eigenvalue weighted by Crippen LogP contribution is -2.38. The van der Waals surface area contributed by atoms with Gasteiger partial charge in [-0.25, -0.2) is 0 Å². The highest BCUT2D eigenvalue weighted by Gasteiger charge is 2.24. The topological polar surface area (TPSA) is 71.1 Å². The van der Waals surface area contributed by atoms with Crippen molar-refractivity contribution >= 4 is 5.84 Å². The van der Waals surface area contributed by atoms with Crippen molar-refractivity contribution in [3.05, 3.63) is 35.4 Å². The van der Waals surface area contributed by atoms with Crippen molar-refractivity contribution in [1.29, 1.82) is 0 Å². The van der Waals surface area contributed by atoms with Crippen LogP contribution in [0.15, 0.2) is 29.4 Å². The smallest absolute Gasteiger partial charge is 0.140 e. The van der Waals surface area contributed by atoms with Gasteiger partial charge in [-0.05, 0) is 31.4 Å². The highest BCUT2D eigenvalue weighted by atomic mass is 16.5. The second-order valence-electron chi connectivity index (χ2n) is 5.74. The number of ether oxygens (including phenoxy) is 1. The molecule has 1 aliphatic heterocycles. The Hall–Kier alpha value is -1.59. The van der Waals surface area contributed by atoms with Crippen molar-refractivity contribution in [3.63, 3.8) is 0 Å². The molecule has 0 fully saturated rings. The number of nitrogens with two attached hydrogens (primary N) is 1. The molecule has 0 saturated heterocycles. The maximum absolute atomic E-state index is 8.66. The molecule has 1 aliphatic rings. The molecule has 1 atom stereocenters. The third-order valence-corrected chi connectivity index (χ3v) is 4.01. The fourth-order valence-electron chi connectivity index (χ4n) is 2.71. The average molecular weight is 291 g/mol. The molecule has 1 aromatic carbocycles. The van der Waals surface area contributed by atoms with E-state index in [2.05, 4.69) is 48.2 Å². The summed E-state index contributed by atoms with van der Waals surface area (Å²) in [5.41, 5.74) is 8.25. The molecule has 116 valence electrons. The predicted octanol–water partition coefficient (Wildman–Crippen LogP) is 2.15. The van der Waals surface area contributed by atoms with Gasteiger partial charge in [-0.15, -0.1) is 0 Å². The van der Waals surface area contributed by atoms with Gasteiger partial charge < -0.3 is 15.7 Å². The van der Waals surface area contributed by atoms with Gasteiger partial charge in [0.1, 0.15) is 5.84 Å².